The molecule has 0 saturated heterocycles. The number of benzene rings is 4. The summed E-state index contributed by atoms with van der Waals surface area (Å²) in [6.45, 7) is 10.4. The first-order valence-corrected chi connectivity index (χ1v) is 17.4. The highest BCUT2D eigenvalue weighted by atomic mass is 32.2. The van der Waals surface area contributed by atoms with Crippen LogP contribution in [0, 0.1) is 13.5 Å². The number of sulfonamides is 1. The molecular weight excluding hydrogens is 639 g/mol. The quantitative estimate of drug-likeness (QED) is 0.0891. The van der Waals surface area contributed by atoms with E-state index in [0.29, 0.717) is 60.3 Å². The zero-order valence-electron chi connectivity index (χ0n) is 27.3. The number of carbonyl (C=O) groups is 1. The van der Waals surface area contributed by atoms with Crippen LogP contribution >= 0.6 is 0 Å². The third kappa shape index (κ3) is 9.90. The van der Waals surface area contributed by atoms with Crippen molar-refractivity contribution in [1.29, 1.82) is 0 Å². The van der Waals surface area contributed by atoms with Crippen molar-refractivity contribution < 1.29 is 22.7 Å². The molecule has 0 radical (unpaired) electrons. The van der Waals surface area contributed by atoms with E-state index >= 15 is 0 Å². The van der Waals surface area contributed by atoms with Gasteiger partial charge >= 0.3 is 0 Å². The molecule has 250 valence electrons. The molecule has 49 heavy (non-hydrogen) atoms. The number of rotatable bonds is 15. The predicted molar refractivity (Wildman–Crippen MR) is 192 cm³/mol. The van der Waals surface area contributed by atoms with Gasteiger partial charge in [-0.3, -0.25) is 14.5 Å². The Labute approximate surface area is 287 Å². The molecule has 0 aliphatic heterocycles. The summed E-state index contributed by atoms with van der Waals surface area (Å²) in [6.07, 6.45) is 5.29. The number of ether oxygens (including phenoxy) is 2. The molecule has 11 heteroatoms. The summed E-state index contributed by atoms with van der Waals surface area (Å²) < 4.78 is 38.8. The summed E-state index contributed by atoms with van der Waals surface area (Å²) >= 11 is 0. The van der Waals surface area contributed by atoms with Gasteiger partial charge in [0, 0.05) is 49.2 Å². The van der Waals surface area contributed by atoms with E-state index in [0.717, 1.165) is 34.2 Å². The van der Waals surface area contributed by atoms with Gasteiger partial charge in [0.2, 0.25) is 10.0 Å². The van der Waals surface area contributed by atoms with E-state index in [1.54, 1.807) is 48.8 Å². The molecule has 0 atom stereocenters. The van der Waals surface area contributed by atoms with Crippen LogP contribution in [0.5, 0.6) is 17.2 Å². The molecule has 5 aromatic rings. The van der Waals surface area contributed by atoms with Gasteiger partial charge in [-0.2, -0.15) is 0 Å². The maximum atomic E-state index is 12.5. The SMILES string of the molecule is [C-]#[N+]c1ccc(CN(Cc2ccc(Oc3cc(OCCc4cccnc4)cc(C(=O)CN)c3)cc2)c2cccc(NS(C)(=O)=O)c2C)cc1. The highest BCUT2D eigenvalue weighted by Crippen LogP contribution is 2.32. The predicted octanol–water partition coefficient (Wildman–Crippen LogP) is 7.07. The van der Waals surface area contributed by atoms with E-state index in [2.05, 4.69) is 19.5 Å². The molecule has 1 heterocycles. The van der Waals surface area contributed by atoms with Crippen LogP contribution < -0.4 is 24.8 Å². The second-order valence-electron chi connectivity index (χ2n) is 11.5. The number of aromatic nitrogens is 1. The fourth-order valence-corrected chi connectivity index (χ4v) is 5.86. The molecule has 0 fully saturated rings. The molecule has 10 nitrogen and oxygen atoms in total. The van der Waals surface area contributed by atoms with Crippen molar-refractivity contribution in [3.05, 3.63) is 149 Å². The smallest absolute Gasteiger partial charge is 0.229 e. The van der Waals surface area contributed by atoms with Crippen molar-refractivity contribution in [3.8, 4) is 17.2 Å². The van der Waals surface area contributed by atoms with Crippen molar-refractivity contribution in [3.63, 3.8) is 0 Å². The summed E-state index contributed by atoms with van der Waals surface area (Å²) in [5.41, 5.74) is 11.8. The number of nitrogens with two attached hydrogens (primary N) is 1. The monoisotopic (exact) mass is 675 g/mol. The number of hydrogen-bond donors (Lipinski definition) is 2. The molecule has 3 N–H and O–H groups in total. The minimum atomic E-state index is -3.47. The maximum Gasteiger partial charge on any atom is 0.229 e. The Kier molecular flexibility index (Phi) is 11.3. The Bertz CT molecular complexity index is 2050. The van der Waals surface area contributed by atoms with Crippen molar-refractivity contribution in [1.82, 2.24) is 4.98 Å². The van der Waals surface area contributed by atoms with Crippen LogP contribution in [0.25, 0.3) is 4.85 Å². The molecule has 0 amide bonds. The maximum absolute atomic E-state index is 12.5. The van der Waals surface area contributed by atoms with Crippen LogP contribution in [-0.2, 0) is 29.5 Å². The molecule has 0 unspecified atom stereocenters. The zero-order chi connectivity index (χ0) is 34.8. The lowest BCUT2D eigenvalue weighted by atomic mass is 10.1. The number of hydrogen-bond acceptors (Lipinski definition) is 8. The summed E-state index contributed by atoms with van der Waals surface area (Å²) in [5, 5.41) is 0. The van der Waals surface area contributed by atoms with E-state index < -0.39 is 10.0 Å². The van der Waals surface area contributed by atoms with Gasteiger partial charge in [-0.25, -0.2) is 13.3 Å². The molecule has 0 spiro atoms. The Morgan fingerprint density at radius 1 is 0.898 bits per heavy atom. The van der Waals surface area contributed by atoms with E-state index in [9.17, 15) is 13.2 Å². The molecule has 4 aromatic carbocycles. The second-order valence-corrected chi connectivity index (χ2v) is 13.2. The fraction of sp³-hybridized carbons (Fsp3) is 0.184. The van der Waals surface area contributed by atoms with Gasteiger partial charge in [0.05, 0.1) is 31.7 Å². The molecule has 0 aliphatic carbocycles. The highest BCUT2D eigenvalue weighted by molar-refractivity contribution is 7.92. The van der Waals surface area contributed by atoms with Crippen LogP contribution in [0.3, 0.4) is 0 Å². The number of ketones is 1. The number of carbonyl (C=O) groups excluding carboxylic acids is 1. The Hall–Kier alpha value is -5.70. The largest absolute Gasteiger partial charge is 0.493 e. The molecule has 0 bridgehead atoms. The second kappa shape index (κ2) is 15.9. The minimum Gasteiger partial charge on any atom is -0.493 e. The van der Waals surface area contributed by atoms with E-state index in [1.165, 1.54) is 0 Å². The third-order valence-electron chi connectivity index (χ3n) is 7.68. The highest BCUT2D eigenvalue weighted by Gasteiger charge is 2.16. The van der Waals surface area contributed by atoms with Crippen LogP contribution in [0.15, 0.2) is 109 Å². The normalized spacial score (nSPS) is 11.0. The average molecular weight is 676 g/mol. The first-order chi connectivity index (χ1) is 23.6. The number of Topliss-reactive ketones (excluding diaryl/α,β-unsaturated/α-hetero) is 1. The van der Waals surface area contributed by atoms with Gasteiger partial charge in [0.25, 0.3) is 0 Å². The summed E-state index contributed by atoms with van der Waals surface area (Å²) in [5.74, 6) is 1.28. The van der Waals surface area contributed by atoms with E-state index in [1.807, 2.05) is 67.6 Å². The summed E-state index contributed by atoms with van der Waals surface area (Å²) in [6, 6.07) is 29.5. The van der Waals surface area contributed by atoms with Gasteiger partial charge in [0.1, 0.15) is 17.2 Å². The Morgan fingerprint density at radius 3 is 2.22 bits per heavy atom. The van der Waals surface area contributed by atoms with Gasteiger partial charge in [0.15, 0.2) is 11.5 Å². The number of pyridine rings is 1. The lowest BCUT2D eigenvalue weighted by Crippen LogP contribution is -2.23. The third-order valence-corrected chi connectivity index (χ3v) is 8.27. The summed E-state index contributed by atoms with van der Waals surface area (Å²) in [4.78, 5) is 22.3. The van der Waals surface area contributed by atoms with Crippen molar-refractivity contribution in [2.45, 2.75) is 26.4 Å². The van der Waals surface area contributed by atoms with Gasteiger partial charge < -0.3 is 20.1 Å². The Balaban J connectivity index is 1.35. The lowest BCUT2D eigenvalue weighted by molar-refractivity contribution is 0.100. The fourth-order valence-electron chi connectivity index (χ4n) is 5.24. The number of nitrogens with one attached hydrogen (secondary N) is 1. The average Bonchev–Trinajstić information content (AvgIpc) is 3.09. The van der Waals surface area contributed by atoms with E-state index in [-0.39, 0.29) is 12.3 Å². The molecule has 0 aliphatic rings. The molecular formula is C38H37N5O5S. The van der Waals surface area contributed by atoms with Crippen molar-refractivity contribution >= 4 is 32.9 Å². The van der Waals surface area contributed by atoms with Crippen molar-refractivity contribution in [2.24, 2.45) is 5.73 Å². The van der Waals surface area contributed by atoms with Gasteiger partial charge in [-0.15, -0.1) is 0 Å². The number of nitrogens with zero attached hydrogens (tertiary/aromatic N) is 3. The molecule has 5 rings (SSSR count). The zero-order valence-corrected chi connectivity index (χ0v) is 28.1. The Morgan fingerprint density at radius 2 is 1.59 bits per heavy atom. The van der Waals surface area contributed by atoms with Crippen molar-refractivity contribution in [2.75, 3.05) is 29.0 Å². The van der Waals surface area contributed by atoms with Crippen LogP contribution in [-0.4, -0.2) is 38.6 Å². The standard InChI is InChI=1S/C38H37N5O5S/c1-27-36(42-49(3,45)46)7-4-8-37(27)43(25-29-9-13-32(40-2)14-10-29)26-30-11-15-33(16-12-30)48-35-21-31(38(44)23-39)20-34(22-35)47-19-17-28-6-5-18-41-24-28/h4-16,18,20-22,24,42H,17,19,23,25-26,39H2,1,3H3. The van der Waals surface area contributed by atoms with Crippen LogP contribution in [0.1, 0.15) is 32.6 Å². The molecule has 1 aromatic heterocycles. The van der Waals surface area contributed by atoms with E-state index in [4.69, 9.17) is 21.8 Å². The first kappa shape index (κ1) is 34.6. The number of anilines is 2. The van der Waals surface area contributed by atoms with Crippen LogP contribution in [0.2, 0.25) is 0 Å². The summed E-state index contributed by atoms with van der Waals surface area (Å²) in [7, 11) is -3.47. The van der Waals surface area contributed by atoms with Gasteiger partial charge in [-0.1, -0.05) is 48.5 Å². The topological polar surface area (TPSA) is 128 Å². The minimum absolute atomic E-state index is 0.139. The lowest BCUT2D eigenvalue weighted by Gasteiger charge is -2.28. The van der Waals surface area contributed by atoms with Crippen LogP contribution in [0.4, 0.5) is 17.1 Å². The molecule has 0 saturated carbocycles. The van der Waals surface area contributed by atoms with Gasteiger partial charge in [-0.05, 0) is 71.6 Å². The first-order valence-electron chi connectivity index (χ1n) is 15.6.